The summed E-state index contributed by atoms with van der Waals surface area (Å²) < 4.78 is 13.0. The summed E-state index contributed by atoms with van der Waals surface area (Å²) in [4.78, 5) is 28.3. The van der Waals surface area contributed by atoms with Crippen LogP contribution in [0.3, 0.4) is 0 Å². The molecule has 4 aromatic rings. The molecule has 0 saturated carbocycles. The van der Waals surface area contributed by atoms with Gasteiger partial charge in [-0.1, -0.05) is 44.0 Å². The van der Waals surface area contributed by atoms with Crippen molar-refractivity contribution in [1.29, 1.82) is 0 Å². The molecule has 0 N–H and O–H groups in total. The van der Waals surface area contributed by atoms with Crippen molar-refractivity contribution in [2.24, 2.45) is 0 Å². The van der Waals surface area contributed by atoms with Gasteiger partial charge in [0.25, 0.3) is 5.91 Å². The lowest BCUT2D eigenvalue weighted by Crippen LogP contribution is -2.29. The normalized spacial score (nSPS) is 15.9. The molecule has 7 heteroatoms. The molecule has 0 fully saturated rings. The van der Waals surface area contributed by atoms with E-state index in [-0.39, 0.29) is 23.6 Å². The average Bonchev–Trinajstić information content (AvgIpc) is 3.31. The third kappa shape index (κ3) is 3.05. The van der Waals surface area contributed by atoms with Gasteiger partial charge >= 0.3 is 0 Å². The summed E-state index contributed by atoms with van der Waals surface area (Å²) in [5, 5.41) is 0.436. The molecule has 0 bridgehead atoms. The van der Waals surface area contributed by atoms with Gasteiger partial charge in [-0.2, -0.15) is 0 Å². The number of nitrogens with zero attached hydrogens (tertiary/aromatic N) is 1. The van der Waals surface area contributed by atoms with E-state index in [1.807, 2.05) is 24.3 Å². The summed E-state index contributed by atoms with van der Waals surface area (Å²) in [7, 11) is 0. The van der Waals surface area contributed by atoms with Crippen LogP contribution in [0, 0.1) is 0 Å². The van der Waals surface area contributed by atoms with E-state index in [4.69, 9.17) is 8.83 Å². The van der Waals surface area contributed by atoms with Gasteiger partial charge in [0.05, 0.1) is 29.8 Å². The highest BCUT2D eigenvalue weighted by Crippen LogP contribution is 2.40. The molecule has 1 aliphatic rings. The molecule has 1 atom stereocenters. The number of rotatable bonds is 3. The molecule has 144 valence electrons. The molecule has 3 heterocycles. The smallest absolute Gasteiger partial charge is 0.291 e. The summed E-state index contributed by atoms with van der Waals surface area (Å²) in [5.74, 6) is 0.385. The Morgan fingerprint density at radius 3 is 2.55 bits per heavy atom. The van der Waals surface area contributed by atoms with Crippen molar-refractivity contribution in [3.8, 4) is 0 Å². The van der Waals surface area contributed by atoms with Crippen molar-refractivity contribution in [2.75, 3.05) is 0 Å². The third-order valence-corrected chi connectivity index (χ3v) is 5.98. The molecule has 2 aromatic carbocycles. The van der Waals surface area contributed by atoms with E-state index in [1.54, 1.807) is 41.5 Å². The predicted molar refractivity (Wildman–Crippen MR) is 115 cm³/mol. The largest absolute Gasteiger partial charge is 0.467 e. The van der Waals surface area contributed by atoms with Crippen molar-refractivity contribution in [3.05, 3.63) is 103 Å². The van der Waals surface area contributed by atoms with Gasteiger partial charge in [-0.3, -0.25) is 9.59 Å². The van der Waals surface area contributed by atoms with Crippen LogP contribution in [0.2, 0.25) is 0 Å². The van der Waals surface area contributed by atoms with Gasteiger partial charge in [0.1, 0.15) is 11.3 Å². The molecule has 2 aromatic heterocycles. The zero-order valence-electron chi connectivity index (χ0n) is 14.9. The van der Waals surface area contributed by atoms with Crippen molar-refractivity contribution < 1.29 is 13.6 Å². The lowest BCUT2D eigenvalue weighted by atomic mass is 9.98. The molecular weight excluding hydrogens is 502 g/mol. The number of hydrogen-bond acceptors (Lipinski definition) is 4. The summed E-state index contributed by atoms with van der Waals surface area (Å²) in [6.45, 7) is 0.229. The molecule has 0 saturated heterocycles. The molecule has 5 nitrogen and oxygen atoms in total. The topological polar surface area (TPSA) is 63.7 Å². The zero-order valence-corrected chi connectivity index (χ0v) is 18.1. The number of carbonyl (C=O) groups excluding carboxylic acids is 1. The van der Waals surface area contributed by atoms with E-state index in [0.29, 0.717) is 22.3 Å². The Bertz CT molecular complexity index is 1310. The summed E-state index contributed by atoms with van der Waals surface area (Å²) in [6.07, 6.45) is 1.56. The van der Waals surface area contributed by atoms with Crippen LogP contribution in [-0.4, -0.2) is 10.8 Å². The summed E-state index contributed by atoms with van der Waals surface area (Å²) in [5.41, 5.74) is 1.35. The van der Waals surface area contributed by atoms with Crippen LogP contribution in [0.5, 0.6) is 0 Å². The lowest BCUT2D eigenvalue weighted by Gasteiger charge is -2.24. The van der Waals surface area contributed by atoms with Crippen LogP contribution in [0.1, 0.15) is 33.5 Å². The fourth-order valence-electron chi connectivity index (χ4n) is 3.75. The van der Waals surface area contributed by atoms with E-state index in [2.05, 4.69) is 31.9 Å². The van der Waals surface area contributed by atoms with Crippen molar-refractivity contribution in [1.82, 2.24) is 4.90 Å². The molecule has 5 rings (SSSR count). The number of hydrogen-bond donors (Lipinski definition) is 0. The molecule has 0 radical (unpaired) electrons. The Morgan fingerprint density at radius 1 is 0.966 bits per heavy atom. The number of fused-ring (bicyclic) bond motifs is 2. The second kappa shape index (κ2) is 7.00. The minimum absolute atomic E-state index is 0.0846. The highest BCUT2D eigenvalue weighted by Gasteiger charge is 2.43. The Kier molecular flexibility index (Phi) is 4.44. The van der Waals surface area contributed by atoms with Crippen molar-refractivity contribution >= 4 is 48.7 Å². The SMILES string of the molecule is O=C1c2oc3ccc(Br)cc3c(=O)c2C(c2cccc(Br)c2)N1Cc1ccco1. The fourth-order valence-corrected chi connectivity index (χ4v) is 4.53. The Morgan fingerprint density at radius 2 is 1.79 bits per heavy atom. The molecule has 29 heavy (non-hydrogen) atoms. The highest BCUT2D eigenvalue weighted by atomic mass is 79.9. The maximum atomic E-state index is 13.4. The maximum absolute atomic E-state index is 13.4. The number of furan rings is 1. The van der Waals surface area contributed by atoms with Crippen LogP contribution in [0.25, 0.3) is 11.0 Å². The van der Waals surface area contributed by atoms with E-state index in [0.717, 1.165) is 14.5 Å². The van der Waals surface area contributed by atoms with E-state index < -0.39 is 6.04 Å². The maximum Gasteiger partial charge on any atom is 0.291 e. The second-order valence-corrected chi connectivity index (χ2v) is 8.62. The predicted octanol–water partition coefficient (Wildman–Crippen LogP) is 5.66. The number of benzene rings is 2. The van der Waals surface area contributed by atoms with Crippen LogP contribution in [-0.2, 0) is 6.54 Å². The van der Waals surface area contributed by atoms with Gasteiger partial charge in [0.2, 0.25) is 5.76 Å². The first-order valence-electron chi connectivity index (χ1n) is 8.88. The monoisotopic (exact) mass is 513 g/mol. The minimum Gasteiger partial charge on any atom is -0.467 e. The van der Waals surface area contributed by atoms with Crippen molar-refractivity contribution in [2.45, 2.75) is 12.6 Å². The number of halogens is 2. The zero-order chi connectivity index (χ0) is 20.1. The van der Waals surface area contributed by atoms with E-state index >= 15 is 0 Å². The number of amides is 1. The second-order valence-electron chi connectivity index (χ2n) is 6.78. The fraction of sp³-hybridized carbons (Fsp3) is 0.0909. The molecule has 0 aliphatic carbocycles. The van der Waals surface area contributed by atoms with Gasteiger partial charge in [-0.15, -0.1) is 0 Å². The quantitative estimate of drug-likeness (QED) is 0.354. The van der Waals surface area contributed by atoms with Gasteiger partial charge < -0.3 is 13.7 Å². The summed E-state index contributed by atoms with van der Waals surface area (Å²) in [6, 6.07) is 15.8. The van der Waals surface area contributed by atoms with Crippen LogP contribution >= 0.6 is 31.9 Å². The van der Waals surface area contributed by atoms with Crippen LogP contribution in [0.4, 0.5) is 0 Å². The first-order valence-corrected chi connectivity index (χ1v) is 10.5. The third-order valence-electron chi connectivity index (χ3n) is 5.00. The Labute approximate surface area is 182 Å². The molecule has 0 spiro atoms. The standard InChI is InChI=1S/C22H13Br2NO4/c23-13-4-1-3-12(9-13)19-18-20(26)16-10-14(24)6-7-17(16)29-21(18)22(27)25(19)11-15-5-2-8-28-15/h1-10,19H,11H2. The van der Waals surface area contributed by atoms with Gasteiger partial charge in [-0.25, -0.2) is 0 Å². The molecule has 1 unspecified atom stereocenters. The van der Waals surface area contributed by atoms with Crippen LogP contribution < -0.4 is 5.43 Å². The lowest BCUT2D eigenvalue weighted by molar-refractivity contribution is 0.0701. The first kappa shape index (κ1) is 18.4. The van der Waals surface area contributed by atoms with Crippen molar-refractivity contribution in [3.63, 3.8) is 0 Å². The summed E-state index contributed by atoms with van der Waals surface area (Å²) >= 11 is 6.89. The van der Waals surface area contributed by atoms with E-state index in [9.17, 15) is 9.59 Å². The number of carbonyl (C=O) groups is 1. The van der Waals surface area contributed by atoms with Gasteiger partial charge in [0.15, 0.2) is 5.43 Å². The molecule has 1 aliphatic heterocycles. The molecule has 1 amide bonds. The Balaban J connectivity index is 1.77. The highest BCUT2D eigenvalue weighted by molar-refractivity contribution is 9.10. The minimum atomic E-state index is -0.570. The first-order chi connectivity index (χ1) is 14.0. The molecular formula is C22H13Br2NO4. The van der Waals surface area contributed by atoms with Gasteiger partial charge in [-0.05, 0) is 48.0 Å². The Hall–Kier alpha value is -2.64. The average molecular weight is 515 g/mol. The van der Waals surface area contributed by atoms with Gasteiger partial charge in [0, 0.05) is 8.95 Å². The van der Waals surface area contributed by atoms with E-state index in [1.165, 1.54) is 0 Å². The van der Waals surface area contributed by atoms with Crippen LogP contribution in [0.15, 0.2) is 83.4 Å².